The second kappa shape index (κ2) is 7.71. The van der Waals surface area contributed by atoms with E-state index >= 15 is 0 Å². The van der Waals surface area contributed by atoms with E-state index in [0.29, 0.717) is 11.5 Å². The van der Waals surface area contributed by atoms with Crippen LogP contribution in [0.4, 0.5) is 10.1 Å². The van der Waals surface area contributed by atoms with Crippen LogP contribution in [0.15, 0.2) is 45.7 Å². The third-order valence-electron chi connectivity index (χ3n) is 3.73. The summed E-state index contributed by atoms with van der Waals surface area (Å²) in [6.45, 7) is 3.46. The van der Waals surface area contributed by atoms with E-state index in [-0.39, 0.29) is 29.1 Å². The predicted octanol–water partition coefficient (Wildman–Crippen LogP) is 3.45. The lowest BCUT2D eigenvalue weighted by molar-refractivity contribution is -0.116. The van der Waals surface area contributed by atoms with Gasteiger partial charge < -0.3 is 9.84 Å². The number of nitrogens with one attached hydrogen (secondary N) is 1. The van der Waals surface area contributed by atoms with Crippen molar-refractivity contribution >= 4 is 23.2 Å². The Morgan fingerprint density at radius 2 is 2.11 bits per heavy atom. The first-order chi connectivity index (χ1) is 12.8. The van der Waals surface area contributed by atoms with E-state index in [1.807, 2.05) is 13.8 Å². The molecule has 9 heteroatoms. The molecule has 2 heterocycles. The number of rotatable bonds is 5. The third kappa shape index (κ3) is 4.22. The van der Waals surface area contributed by atoms with Crippen LogP contribution in [-0.2, 0) is 11.3 Å². The molecule has 2 aromatic heterocycles. The van der Waals surface area contributed by atoms with Gasteiger partial charge in [-0.15, -0.1) is 0 Å². The van der Waals surface area contributed by atoms with Gasteiger partial charge in [0, 0.05) is 17.0 Å². The van der Waals surface area contributed by atoms with Gasteiger partial charge in [-0.05, 0) is 24.3 Å². The van der Waals surface area contributed by atoms with Gasteiger partial charge in [-0.3, -0.25) is 14.2 Å². The molecular weight excluding hydrogens is 375 g/mol. The Kier molecular flexibility index (Phi) is 5.36. The molecule has 0 aliphatic rings. The van der Waals surface area contributed by atoms with Crippen LogP contribution in [0, 0.1) is 5.82 Å². The summed E-state index contributed by atoms with van der Waals surface area (Å²) in [5.41, 5.74) is -0.160. The van der Waals surface area contributed by atoms with E-state index in [0.717, 1.165) is 6.07 Å². The van der Waals surface area contributed by atoms with Crippen molar-refractivity contribution in [1.82, 2.24) is 14.7 Å². The molecule has 0 spiro atoms. The Hall–Kier alpha value is -3.00. The van der Waals surface area contributed by atoms with Gasteiger partial charge in [-0.25, -0.2) is 4.39 Å². The van der Waals surface area contributed by atoms with Crippen molar-refractivity contribution in [2.24, 2.45) is 0 Å². The lowest BCUT2D eigenvalue weighted by Crippen LogP contribution is -2.28. The minimum Gasteiger partial charge on any atom is -0.332 e. The Bertz CT molecular complexity index is 1050. The van der Waals surface area contributed by atoms with E-state index in [1.54, 1.807) is 6.07 Å². The molecule has 0 fully saturated rings. The molecule has 7 nitrogen and oxygen atoms in total. The molecule has 140 valence electrons. The van der Waals surface area contributed by atoms with Gasteiger partial charge in [0.2, 0.25) is 5.91 Å². The molecule has 0 saturated carbocycles. The van der Waals surface area contributed by atoms with Crippen molar-refractivity contribution in [3.63, 3.8) is 0 Å². The highest BCUT2D eigenvalue weighted by molar-refractivity contribution is 6.30. The third-order valence-corrected chi connectivity index (χ3v) is 3.97. The Morgan fingerprint density at radius 3 is 2.78 bits per heavy atom. The first-order valence-electron chi connectivity index (χ1n) is 8.14. The lowest BCUT2D eigenvalue weighted by atomic mass is 10.2. The number of nitrogens with zero attached hydrogens (tertiary/aromatic N) is 3. The van der Waals surface area contributed by atoms with E-state index in [1.165, 1.54) is 28.8 Å². The fourth-order valence-electron chi connectivity index (χ4n) is 2.37. The van der Waals surface area contributed by atoms with Crippen molar-refractivity contribution in [3.05, 3.63) is 63.4 Å². The minimum atomic E-state index is -0.671. The highest BCUT2D eigenvalue weighted by Crippen LogP contribution is 2.20. The maximum absolute atomic E-state index is 13.9. The van der Waals surface area contributed by atoms with Crippen molar-refractivity contribution in [2.45, 2.75) is 26.3 Å². The molecule has 27 heavy (non-hydrogen) atoms. The summed E-state index contributed by atoms with van der Waals surface area (Å²) in [4.78, 5) is 28.8. The Balaban J connectivity index is 1.88. The van der Waals surface area contributed by atoms with Crippen molar-refractivity contribution in [1.29, 1.82) is 0 Å². The lowest BCUT2D eigenvalue weighted by Gasteiger charge is -2.11. The average Bonchev–Trinajstić information content (AvgIpc) is 3.09. The van der Waals surface area contributed by atoms with Crippen molar-refractivity contribution < 1.29 is 13.7 Å². The number of benzene rings is 1. The maximum Gasteiger partial charge on any atom is 0.274 e. The summed E-state index contributed by atoms with van der Waals surface area (Å²) >= 11 is 5.70. The number of carbonyl (C=O) groups excluding carboxylic acids is 1. The average molecular weight is 391 g/mol. The molecule has 0 aliphatic carbocycles. The monoisotopic (exact) mass is 390 g/mol. The second-order valence-electron chi connectivity index (χ2n) is 6.12. The van der Waals surface area contributed by atoms with Crippen molar-refractivity contribution in [3.8, 4) is 11.6 Å². The van der Waals surface area contributed by atoms with Gasteiger partial charge in [0.15, 0.2) is 5.82 Å². The molecule has 0 aliphatic heterocycles. The number of anilines is 1. The highest BCUT2D eigenvalue weighted by atomic mass is 35.5. The summed E-state index contributed by atoms with van der Waals surface area (Å²) in [7, 11) is 0. The number of carbonyl (C=O) groups is 1. The van der Waals surface area contributed by atoms with E-state index in [4.69, 9.17) is 16.1 Å². The largest absolute Gasteiger partial charge is 0.332 e. The Labute approximate surface area is 158 Å². The van der Waals surface area contributed by atoms with Crippen LogP contribution in [-0.4, -0.2) is 20.6 Å². The molecule has 0 bridgehead atoms. The number of aromatic nitrogens is 3. The molecule has 1 amide bonds. The van der Waals surface area contributed by atoms with Gasteiger partial charge >= 0.3 is 0 Å². The maximum atomic E-state index is 13.9. The number of halogens is 2. The van der Waals surface area contributed by atoms with Crippen LogP contribution in [0.1, 0.15) is 25.6 Å². The van der Waals surface area contributed by atoms with Crippen LogP contribution in [0.3, 0.4) is 0 Å². The van der Waals surface area contributed by atoms with Crippen LogP contribution < -0.4 is 10.9 Å². The molecule has 0 saturated heterocycles. The Morgan fingerprint density at radius 1 is 1.33 bits per heavy atom. The first kappa shape index (κ1) is 18.8. The van der Waals surface area contributed by atoms with Crippen LogP contribution in [0.5, 0.6) is 0 Å². The number of amides is 1. The molecule has 0 radical (unpaired) electrons. The smallest absolute Gasteiger partial charge is 0.274 e. The van der Waals surface area contributed by atoms with Crippen LogP contribution >= 0.6 is 11.6 Å². The summed E-state index contributed by atoms with van der Waals surface area (Å²) < 4.78 is 20.2. The predicted molar refractivity (Wildman–Crippen MR) is 98.1 cm³/mol. The molecule has 3 rings (SSSR count). The summed E-state index contributed by atoms with van der Waals surface area (Å²) in [6.07, 6.45) is 0. The number of pyridine rings is 1. The summed E-state index contributed by atoms with van der Waals surface area (Å²) in [5, 5.41) is 6.49. The fraction of sp³-hybridized carbons (Fsp3) is 0.222. The molecule has 1 N–H and O–H groups in total. The number of hydrogen-bond acceptors (Lipinski definition) is 5. The SMILES string of the molecule is CC(C)c1noc(-c2cccc(=O)n2CC(=O)Nc2ccc(Cl)cc2F)n1. The highest BCUT2D eigenvalue weighted by Gasteiger charge is 2.17. The molecular formula is C18H16ClFN4O3. The zero-order valence-corrected chi connectivity index (χ0v) is 15.3. The molecule has 3 aromatic rings. The van der Waals surface area contributed by atoms with E-state index in [2.05, 4.69) is 15.5 Å². The zero-order chi connectivity index (χ0) is 19.6. The first-order valence-corrected chi connectivity index (χ1v) is 8.51. The van der Waals surface area contributed by atoms with Crippen LogP contribution in [0.25, 0.3) is 11.6 Å². The number of hydrogen-bond donors (Lipinski definition) is 1. The molecule has 1 aromatic carbocycles. The summed E-state index contributed by atoms with van der Waals surface area (Å²) in [6, 6.07) is 8.31. The van der Waals surface area contributed by atoms with E-state index < -0.39 is 17.3 Å². The molecule has 0 atom stereocenters. The van der Waals surface area contributed by atoms with Gasteiger partial charge in [-0.2, -0.15) is 4.98 Å². The minimum absolute atomic E-state index is 0.0326. The summed E-state index contributed by atoms with van der Waals surface area (Å²) in [5.74, 6) is -0.602. The topological polar surface area (TPSA) is 90.0 Å². The zero-order valence-electron chi connectivity index (χ0n) is 14.6. The second-order valence-corrected chi connectivity index (χ2v) is 6.56. The van der Waals surface area contributed by atoms with Gasteiger partial charge in [0.25, 0.3) is 11.4 Å². The molecule has 0 unspecified atom stereocenters. The van der Waals surface area contributed by atoms with Gasteiger partial charge in [-0.1, -0.05) is 36.7 Å². The van der Waals surface area contributed by atoms with Crippen molar-refractivity contribution in [2.75, 3.05) is 5.32 Å². The van der Waals surface area contributed by atoms with E-state index in [9.17, 15) is 14.0 Å². The van der Waals surface area contributed by atoms with Crippen LogP contribution in [0.2, 0.25) is 5.02 Å². The quantitative estimate of drug-likeness (QED) is 0.720. The fourth-order valence-corrected chi connectivity index (χ4v) is 2.53. The standard InChI is InChI=1S/C18H16ClFN4O3/c1-10(2)17-22-18(27-23-17)14-4-3-5-16(26)24(14)9-15(25)21-13-7-6-11(19)8-12(13)20/h3-8,10H,9H2,1-2H3,(H,21,25). The van der Waals surface area contributed by atoms with Gasteiger partial charge in [0.1, 0.15) is 18.1 Å². The van der Waals surface area contributed by atoms with Gasteiger partial charge in [0.05, 0.1) is 5.69 Å². The normalized spacial score (nSPS) is 11.0.